The van der Waals surface area contributed by atoms with E-state index >= 15 is 0 Å². The topological polar surface area (TPSA) is 67.9 Å². The van der Waals surface area contributed by atoms with E-state index in [0.29, 0.717) is 40.6 Å². The molecule has 0 aromatic heterocycles. The van der Waals surface area contributed by atoms with Gasteiger partial charge in [0.2, 0.25) is 0 Å². The van der Waals surface area contributed by atoms with Crippen molar-refractivity contribution in [1.29, 1.82) is 0 Å². The van der Waals surface area contributed by atoms with Gasteiger partial charge in [0.15, 0.2) is 0 Å². The summed E-state index contributed by atoms with van der Waals surface area (Å²) in [5.74, 6) is 0.493. The normalized spacial score (nSPS) is 13.5. The van der Waals surface area contributed by atoms with E-state index in [4.69, 9.17) is 9.47 Å². The maximum Gasteiger partial charge on any atom is 0.282 e. The number of ether oxygens (including phenoxy) is 2. The minimum atomic E-state index is -0.418. The highest BCUT2D eigenvalue weighted by molar-refractivity contribution is 6.46. The number of nitrogens with zero attached hydrogens (tertiary/aromatic N) is 1. The van der Waals surface area contributed by atoms with Crippen LogP contribution in [0.4, 0.5) is 11.4 Å². The molecule has 2 amide bonds. The van der Waals surface area contributed by atoms with Gasteiger partial charge in [-0.25, -0.2) is 4.90 Å². The van der Waals surface area contributed by atoms with Crippen LogP contribution in [0.2, 0.25) is 0 Å². The van der Waals surface area contributed by atoms with Crippen LogP contribution in [0.15, 0.2) is 72.4 Å². The summed E-state index contributed by atoms with van der Waals surface area (Å²) in [6, 6.07) is 20.2. The minimum absolute atomic E-state index is 0.205. The van der Waals surface area contributed by atoms with Crippen molar-refractivity contribution < 1.29 is 19.1 Å². The molecule has 1 N–H and O–H groups in total. The number of hydrogen-bond acceptors (Lipinski definition) is 5. The van der Waals surface area contributed by atoms with Gasteiger partial charge >= 0.3 is 0 Å². The van der Waals surface area contributed by atoms with Crippen molar-refractivity contribution in [3.8, 4) is 11.5 Å². The molecule has 0 saturated carbocycles. The summed E-state index contributed by atoms with van der Waals surface area (Å²) in [4.78, 5) is 28.4. The summed E-state index contributed by atoms with van der Waals surface area (Å²) < 4.78 is 11.2. The van der Waals surface area contributed by atoms with Crippen molar-refractivity contribution in [3.05, 3.63) is 89.1 Å². The first-order chi connectivity index (χ1) is 16.4. The van der Waals surface area contributed by atoms with Gasteiger partial charge in [0.05, 0.1) is 30.7 Å². The molecule has 3 aromatic rings. The molecule has 0 saturated heterocycles. The lowest BCUT2D eigenvalue weighted by atomic mass is 10.0. The summed E-state index contributed by atoms with van der Waals surface area (Å²) >= 11 is 0. The van der Waals surface area contributed by atoms with Crippen molar-refractivity contribution in [3.63, 3.8) is 0 Å². The van der Waals surface area contributed by atoms with E-state index in [-0.39, 0.29) is 11.6 Å². The molecule has 0 atom stereocenters. The molecule has 174 valence electrons. The Morgan fingerprint density at radius 3 is 2.18 bits per heavy atom. The van der Waals surface area contributed by atoms with Gasteiger partial charge in [-0.1, -0.05) is 42.8 Å². The monoisotopic (exact) mass is 456 g/mol. The zero-order valence-electron chi connectivity index (χ0n) is 19.8. The maximum atomic E-state index is 13.6. The number of benzene rings is 3. The van der Waals surface area contributed by atoms with Gasteiger partial charge in [0, 0.05) is 0 Å². The molecule has 0 radical (unpaired) electrons. The average molecular weight is 457 g/mol. The number of methoxy groups -OCH3 is 1. The Labute approximate surface area is 199 Å². The summed E-state index contributed by atoms with van der Waals surface area (Å²) in [7, 11) is 1.57. The Morgan fingerprint density at radius 1 is 0.853 bits per heavy atom. The van der Waals surface area contributed by atoms with Crippen LogP contribution in [0.1, 0.15) is 30.0 Å². The minimum Gasteiger partial charge on any atom is -0.495 e. The van der Waals surface area contributed by atoms with E-state index in [1.165, 1.54) is 4.90 Å². The molecule has 1 aliphatic rings. The molecule has 4 rings (SSSR count). The number of carbonyl (C=O) groups excluding carboxylic acids is 2. The molecular formula is C28H28N2O4. The average Bonchev–Trinajstić information content (AvgIpc) is 3.08. The molecule has 1 heterocycles. The molecular weight excluding hydrogens is 428 g/mol. The van der Waals surface area contributed by atoms with Gasteiger partial charge in [0.1, 0.15) is 17.2 Å². The van der Waals surface area contributed by atoms with E-state index in [9.17, 15) is 9.59 Å². The number of carbonyl (C=O) groups is 2. The third kappa shape index (κ3) is 4.53. The number of imide groups is 1. The predicted molar refractivity (Wildman–Crippen MR) is 134 cm³/mol. The van der Waals surface area contributed by atoms with Crippen LogP contribution in [-0.4, -0.2) is 25.5 Å². The third-order valence-electron chi connectivity index (χ3n) is 5.61. The molecule has 0 spiro atoms. The summed E-state index contributed by atoms with van der Waals surface area (Å²) in [6.07, 6.45) is 0.901. The molecule has 0 unspecified atom stereocenters. The zero-order valence-corrected chi connectivity index (χ0v) is 19.8. The highest BCUT2D eigenvalue weighted by Crippen LogP contribution is 2.36. The van der Waals surface area contributed by atoms with Gasteiger partial charge in [-0.05, 0) is 67.8 Å². The van der Waals surface area contributed by atoms with E-state index in [0.717, 1.165) is 17.5 Å². The van der Waals surface area contributed by atoms with Gasteiger partial charge < -0.3 is 14.8 Å². The second-order valence-corrected chi connectivity index (χ2v) is 8.23. The van der Waals surface area contributed by atoms with Gasteiger partial charge in [0.25, 0.3) is 11.8 Å². The maximum absolute atomic E-state index is 13.6. The van der Waals surface area contributed by atoms with Crippen molar-refractivity contribution >= 4 is 28.8 Å². The Morgan fingerprint density at radius 2 is 1.53 bits per heavy atom. The van der Waals surface area contributed by atoms with Gasteiger partial charge in [-0.3, -0.25) is 9.59 Å². The van der Waals surface area contributed by atoms with Crippen molar-refractivity contribution in [2.75, 3.05) is 23.9 Å². The van der Waals surface area contributed by atoms with Gasteiger partial charge in [-0.2, -0.15) is 0 Å². The first-order valence-corrected chi connectivity index (χ1v) is 11.3. The highest BCUT2D eigenvalue weighted by Gasteiger charge is 2.40. The molecule has 1 aliphatic heterocycles. The summed E-state index contributed by atoms with van der Waals surface area (Å²) in [5.41, 5.74) is 4.31. The first-order valence-electron chi connectivity index (χ1n) is 11.3. The van der Waals surface area contributed by atoms with E-state index in [1.807, 2.05) is 63.2 Å². The molecule has 0 aliphatic carbocycles. The molecule has 0 bridgehead atoms. The van der Waals surface area contributed by atoms with Crippen LogP contribution < -0.4 is 19.7 Å². The number of hydrogen-bond donors (Lipinski definition) is 1. The van der Waals surface area contributed by atoms with Crippen LogP contribution in [0.5, 0.6) is 11.5 Å². The fourth-order valence-corrected chi connectivity index (χ4v) is 3.83. The number of rotatable bonds is 8. The van der Waals surface area contributed by atoms with Gasteiger partial charge in [-0.15, -0.1) is 0 Å². The molecule has 3 aromatic carbocycles. The second-order valence-electron chi connectivity index (χ2n) is 8.23. The quantitative estimate of drug-likeness (QED) is 0.454. The standard InChI is InChI=1S/C28H28N2O4/c1-5-16-34-22-13-9-20(10-14-22)25-26(29-23-17-19(3)8-15-24(23)33-4)28(32)30(27(25)31)21-11-6-18(2)7-12-21/h6-15,17,29H,5,16H2,1-4H3. The lowest BCUT2D eigenvalue weighted by molar-refractivity contribution is -0.120. The Bertz CT molecular complexity index is 1240. The first kappa shape index (κ1) is 23.1. The Kier molecular flexibility index (Phi) is 6.68. The van der Waals surface area contributed by atoms with Crippen LogP contribution >= 0.6 is 0 Å². The number of aryl methyl sites for hydroxylation is 2. The third-order valence-corrected chi connectivity index (χ3v) is 5.61. The van der Waals surface area contributed by atoms with Crippen LogP contribution in [-0.2, 0) is 9.59 Å². The second kappa shape index (κ2) is 9.83. The van der Waals surface area contributed by atoms with E-state index < -0.39 is 5.91 Å². The van der Waals surface area contributed by atoms with Crippen LogP contribution in [0.3, 0.4) is 0 Å². The molecule has 0 fully saturated rings. The zero-order chi connectivity index (χ0) is 24.2. The van der Waals surface area contributed by atoms with Crippen LogP contribution in [0.25, 0.3) is 5.57 Å². The smallest absolute Gasteiger partial charge is 0.282 e. The molecule has 34 heavy (non-hydrogen) atoms. The lowest BCUT2D eigenvalue weighted by Crippen LogP contribution is -2.32. The van der Waals surface area contributed by atoms with Crippen molar-refractivity contribution in [1.82, 2.24) is 0 Å². The molecule has 6 nitrogen and oxygen atoms in total. The number of amides is 2. The highest BCUT2D eigenvalue weighted by atomic mass is 16.5. The fraction of sp³-hybridized carbons (Fsp3) is 0.214. The van der Waals surface area contributed by atoms with E-state index in [2.05, 4.69) is 5.32 Å². The largest absolute Gasteiger partial charge is 0.495 e. The predicted octanol–water partition coefficient (Wildman–Crippen LogP) is 5.50. The van der Waals surface area contributed by atoms with Crippen molar-refractivity contribution in [2.24, 2.45) is 0 Å². The van der Waals surface area contributed by atoms with E-state index in [1.54, 1.807) is 31.4 Å². The Hall–Kier alpha value is -4.06. The van der Waals surface area contributed by atoms with Crippen LogP contribution in [0, 0.1) is 13.8 Å². The lowest BCUT2D eigenvalue weighted by Gasteiger charge is -2.16. The summed E-state index contributed by atoms with van der Waals surface area (Å²) in [6.45, 7) is 6.56. The SMILES string of the molecule is CCCOc1ccc(C2=C(Nc3cc(C)ccc3OC)C(=O)N(c3ccc(C)cc3)C2=O)cc1. The number of anilines is 2. The molecule has 6 heteroatoms. The number of nitrogens with one attached hydrogen (secondary N) is 1. The Balaban J connectivity index is 1.79. The van der Waals surface area contributed by atoms with Crippen molar-refractivity contribution in [2.45, 2.75) is 27.2 Å². The fourth-order valence-electron chi connectivity index (χ4n) is 3.83. The summed E-state index contributed by atoms with van der Waals surface area (Å²) in [5, 5.41) is 3.20.